The van der Waals surface area contributed by atoms with Crippen LogP contribution in [0.25, 0.3) is 0 Å². The molecule has 2 aromatic rings. The van der Waals surface area contributed by atoms with E-state index in [9.17, 15) is 13.2 Å². The second-order valence-electron chi connectivity index (χ2n) is 5.71. The Labute approximate surface area is 140 Å². The van der Waals surface area contributed by atoms with Crippen molar-refractivity contribution in [3.8, 4) is 5.75 Å². The fourth-order valence-corrected chi connectivity index (χ4v) is 3.70. The van der Waals surface area contributed by atoms with Crippen LogP contribution in [-0.2, 0) is 20.6 Å². The van der Waals surface area contributed by atoms with Gasteiger partial charge in [-0.25, -0.2) is 8.42 Å². The number of hydrogen-bond acceptors (Lipinski definition) is 4. The zero-order valence-electron chi connectivity index (χ0n) is 13.2. The van der Waals surface area contributed by atoms with Crippen molar-refractivity contribution in [2.45, 2.75) is 19.1 Å². The van der Waals surface area contributed by atoms with Gasteiger partial charge in [-0.1, -0.05) is 29.8 Å². The number of benzene rings is 2. The lowest BCUT2D eigenvalue weighted by molar-refractivity contribution is -0.116. The molecular formula is C17H18N2O4S. The predicted octanol–water partition coefficient (Wildman–Crippen LogP) is 2.66. The standard InChI is InChI=1S/C17H18N2O4S/c1-12-3-2-4-13(9-12)11-24(21,22)19-14-5-6-16-15(10-14)18-17(20)7-8-23-16/h2-6,9-10,19H,7-8,11H2,1H3,(H,18,20). The van der Waals surface area contributed by atoms with Crippen molar-refractivity contribution in [3.05, 3.63) is 53.6 Å². The number of sulfonamides is 1. The Balaban J connectivity index is 1.79. The monoisotopic (exact) mass is 346 g/mol. The Morgan fingerprint density at radius 1 is 1.21 bits per heavy atom. The van der Waals surface area contributed by atoms with Crippen molar-refractivity contribution in [1.29, 1.82) is 0 Å². The van der Waals surface area contributed by atoms with Crippen LogP contribution in [0.3, 0.4) is 0 Å². The molecule has 0 saturated heterocycles. The Morgan fingerprint density at radius 3 is 2.83 bits per heavy atom. The van der Waals surface area contributed by atoms with Gasteiger partial charge in [0.15, 0.2) is 0 Å². The van der Waals surface area contributed by atoms with E-state index in [4.69, 9.17) is 4.74 Å². The maximum Gasteiger partial charge on any atom is 0.236 e. The third-order valence-corrected chi connectivity index (χ3v) is 4.81. The first-order valence-electron chi connectivity index (χ1n) is 7.54. The number of carbonyl (C=O) groups excluding carboxylic acids is 1. The van der Waals surface area contributed by atoms with Gasteiger partial charge in [0, 0.05) is 0 Å². The molecule has 3 rings (SSSR count). The van der Waals surface area contributed by atoms with E-state index in [2.05, 4.69) is 10.0 Å². The van der Waals surface area contributed by atoms with Crippen molar-refractivity contribution in [3.63, 3.8) is 0 Å². The van der Waals surface area contributed by atoms with Gasteiger partial charge in [0.1, 0.15) is 5.75 Å². The largest absolute Gasteiger partial charge is 0.491 e. The molecule has 1 amide bonds. The number of amides is 1. The first kappa shape index (κ1) is 16.3. The van der Waals surface area contributed by atoms with E-state index < -0.39 is 10.0 Å². The predicted molar refractivity (Wildman–Crippen MR) is 92.6 cm³/mol. The molecule has 0 fully saturated rings. The van der Waals surface area contributed by atoms with E-state index in [0.717, 1.165) is 5.56 Å². The fourth-order valence-electron chi connectivity index (χ4n) is 2.52. The van der Waals surface area contributed by atoms with Crippen LogP contribution in [0, 0.1) is 6.92 Å². The number of anilines is 2. The van der Waals surface area contributed by atoms with E-state index in [1.54, 1.807) is 24.3 Å². The molecule has 0 bridgehead atoms. The Kier molecular flexibility index (Phi) is 4.44. The van der Waals surface area contributed by atoms with Gasteiger partial charge in [-0.3, -0.25) is 9.52 Å². The summed E-state index contributed by atoms with van der Waals surface area (Å²) in [7, 11) is -3.56. The normalized spacial score (nSPS) is 14.1. The highest BCUT2D eigenvalue weighted by Gasteiger charge is 2.17. The zero-order valence-corrected chi connectivity index (χ0v) is 14.0. The van der Waals surface area contributed by atoms with Crippen molar-refractivity contribution in [2.75, 3.05) is 16.6 Å². The number of hydrogen-bond donors (Lipinski definition) is 2. The van der Waals surface area contributed by atoms with Gasteiger partial charge in [0.2, 0.25) is 15.9 Å². The number of nitrogens with one attached hydrogen (secondary N) is 2. The summed E-state index contributed by atoms with van der Waals surface area (Å²) in [6.07, 6.45) is 0.267. The molecule has 0 saturated carbocycles. The lowest BCUT2D eigenvalue weighted by Gasteiger charge is -2.12. The van der Waals surface area contributed by atoms with Gasteiger partial charge in [0.25, 0.3) is 0 Å². The van der Waals surface area contributed by atoms with Gasteiger partial charge >= 0.3 is 0 Å². The molecule has 0 unspecified atom stereocenters. The molecule has 1 aliphatic rings. The van der Waals surface area contributed by atoms with Crippen molar-refractivity contribution >= 4 is 27.3 Å². The molecule has 1 heterocycles. The number of ether oxygens (including phenoxy) is 1. The highest BCUT2D eigenvalue weighted by molar-refractivity contribution is 7.91. The Bertz CT molecular complexity index is 878. The van der Waals surface area contributed by atoms with Gasteiger partial charge in [0.05, 0.1) is 30.2 Å². The van der Waals surface area contributed by atoms with Gasteiger partial charge in [-0.2, -0.15) is 0 Å². The Hall–Kier alpha value is -2.54. The third kappa shape index (κ3) is 4.05. The summed E-state index contributed by atoms with van der Waals surface area (Å²) in [5, 5.41) is 2.71. The van der Waals surface area contributed by atoms with Crippen LogP contribution in [0.4, 0.5) is 11.4 Å². The molecule has 1 aliphatic heterocycles. The average molecular weight is 346 g/mol. The highest BCUT2D eigenvalue weighted by atomic mass is 32.2. The number of carbonyl (C=O) groups is 1. The lowest BCUT2D eigenvalue weighted by Crippen LogP contribution is -2.15. The summed E-state index contributed by atoms with van der Waals surface area (Å²) in [6.45, 7) is 2.22. The van der Waals surface area contributed by atoms with E-state index in [1.807, 2.05) is 25.1 Å². The van der Waals surface area contributed by atoms with Crippen LogP contribution in [0.5, 0.6) is 5.75 Å². The minimum atomic E-state index is -3.56. The minimum absolute atomic E-state index is 0.116. The quantitative estimate of drug-likeness (QED) is 0.891. The van der Waals surface area contributed by atoms with Crippen molar-refractivity contribution in [2.24, 2.45) is 0 Å². The molecule has 126 valence electrons. The molecule has 2 N–H and O–H groups in total. The second-order valence-corrected chi connectivity index (χ2v) is 7.43. The van der Waals surface area contributed by atoms with Crippen LogP contribution in [0.1, 0.15) is 17.5 Å². The first-order chi connectivity index (χ1) is 11.4. The maximum atomic E-state index is 12.4. The van der Waals surface area contributed by atoms with Crippen molar-refractivity contribution < 1.29 is 17.9 Å². The third-order valence-electron chi connectivity index (χ3n) is 3.55. The van der Waals surface area contributed by atoms with Crippen molar-refractivity contribution in [1.82, 2.24) is 0 Å². The van der Waals surface area contributed by atoms with Crippen LogP contribution < -0.4 is 14.8 Å². The topological polar surface area (TPSA) is 84.5 Å². The van der Waals surface area contributed by atoms with Crippen LogP contribution in [0.15, 0.2) is 42.5 Å². The van der Waals surface area contributed by atoms with E-state index >= 15 is 0 Å². The zero-order chi connectivity index (χ0) is 17.2. The van der Waals surface area contributed by atoms with Crippen LogP contribution in [0.2, 0.25) is 0 Å². The second kappa shape index (κ2) is 6.52. The summed E-state index contributed by atoms with van der Waals surface area (Å²) in [6, 6.07) is 12.2. The lowest BCUT2D eigenvalue weighted by atomic mass is 10.2. The summed E-state index contributed by atoms with van der Waals surface area (Å²) < 4.78 is 32.7. The van der Waals surface area contributed by atoms with E-state index in [0.29, 0.717) is 29.3 Å². The summed E-state index contributed by atoms with van der Waals surface area (Å²) >= 11 is 0. The molecule has 0 aromatic heterocycles. The van der Waals surface area contributed by atoms with Gasteiger partial charge in [-0.05, 0) is 30.7 Å². The van der Waals surface area contributed by atoms with E-state index in [-0.39, 0.29) is 18.1 Å². The molecule has 6 nitrogen and oxygen atoms in total. The molecule has 2 aromatic carbocycles. The van der Waals surface area contributed by atoms with Gasteiger partial charge in [-0.15, -0.1) is 0 Å². The summed E-state index contributed by atoms with van der Waals surface area (Å²) in [5.74, 6) is 0.255. The molecule has 7 heteroatoms. The summed E-state index contributed by atoms with van der Waals surface area (Å²) in [4.78, 5) is 11.6. The summed E-state index contributed by atoms with van der Waals surface area (Å²) in [5.41, 5.74) is 2.57. The van der Waals surface area contributed by atoms with Gasteiger partial charge < -0.3 is 10.1 Å². The number of rotatable bonds is 4. The molecule has 0 radical (unpaired) electrons. The first-order valence-corrected chi connectivity index (χ1v) is 9.19. The Morgan fingerprint density at radius 2 is 2.04 bits per heavy atom. The minimum Gasteiger partial charge on any atom is -0.491 e. The van der Waals surface area contributed by atoms with Crippen LogP contribution >= 0.6 is 0 Å². The molecule has 0 spiro atoms. The molecular weight excluding hydrogens is 328 g/mol. The average Bonchev–Trinajstić information content (AvgIpc) is 2.66. The highest BCUT2D eigenvalue weighted by Crippen LogP contribution is 2.30. The molecule has 0 atom stereocenters. The smallest absolute Gasteiger partial charge is 0.236 e. The maximum absolute atomic E-state index is 12.4. The van der Waals surface area contributed by atoms with Crippen LogP contribution in [-0.4, -0.2) is 20.9 Å². The molecule has 0 aliphatic carbocycles. The fraction of sp³-hybridized carbons (Fsp3) is 0.235. The van der Waals surface area contributed by atoms with E-state index in [1.165, 1.54) is 0 Å². The molecule has 24 heavy (non-hydrogen) atoms. The number of fused-ring (bicyclic) bond motifs is 1. The number of aryl methyl sites for hydroxylation is 1. The SMILES string of the molecule is Cc1cccc(CS(=O)(=O)Nc2ccc3c(c2)NC(=O)CCO3)c1.